The van der Waals surface area contributed by atoms with E-state index in [1.54, 1.807) is 11.8 Å². The van der Waals surface area contributed by atoms with Gasteiger partial charge in [-0.25, -0.2) is 4.79 Å². The molecule has 0 saturated carbocycles. The zero-order valence-corrected chi connectivity index (χ0v) is 11.9. The minimum Gasteiger partial charge on any atom is -0.385 e. The Kier molecular flexibility index (Phi) is 4.06. The topological polar surface area (TPSA) is 77.1 Å². The first-order chi connectivity index (χ1) is 9.53. The predicted octanol–water partition coefficient (Wildman–Crippen LogP) is 1.36. The maximum Gasteiger partial charge on any atom is 0.346 e. The lowest BCUT2D eigenvalue weighted by atomic mass is 9.98. The molecule has 2 rings (SSSR count). The van der Waals surface area contributed by atoms with Gasteiger partial charge in [0, 0.05) is 20.8 Å². The van der Waals surface area contributed by atoms with Crippen LogP contribution in [0.3, 0.4) is 0 Å². The van der Waals surface area contributed by atoms with Crippen LogP contribution in [-0.4, -0.2) is 42.8 Å². The molecular weight excluding hydrogens is 258 g/mol. The molecule has 1 aliphatic heterocycles. The first-order valence-corrected chi connectivity index (χ1v) is 6.29. The molecule has 1 aromatic carbocycles. The number of carbonyl (C=O) groups excluding carboxylic acids is 1. The number of amides is 2. The lowest BCUT2D eigenvalue weighted by Crippen LogP contribution is -2.60. The number of hydrogen-bond acceptors (Lipinski definition) is 4. The van der Waals surface area contributed by atoms with Gasteiger partial charge in [0.15, 0.2) is 11.8 Å². The molecule has 1 unspecified atom stereocenters. The fraction of sp³-hybridized carbons (Fsp3) is 0.429. The van der Waals surface area contributed by atoms with E-state index in [9.17, 15) is 4.79 Å². The van der Waals surface area contributed by atoms with Crippen molar-refractivity contribution in [3.05, 3.63) is 35.9 Å². The van der Waals surface area contributed by atoms with Gasteiger partial charge in [-0.2, -0.15) is 4.99 Å². The van der Waals surface area contributed by atoms with Crippen LogP contribution in [-0.2, 0) is 16.0 Å². The van der Waals surface area contributed by atoms with Gasteiger partial charge in [0.25, 0.3) is 0 Å². The van der Waals surface area contributed by atoms with Crippen LogP contribution in [0.15, 0.2) is 35.3 Å². The summed E-state index contributed by atoms with van der Waals surface area (Å²) in [4.78, 5) is 17.5. The minimum absolute atomic E-state index is 0.201. The summed E-state index contributed by atoms with van der Waals surface area (Å²) >= 11 is 0. The van der Waals surface area contributed by atoms with Gasteiger partial charge in [-0.1, -0.05) is 30.3 Å². The third kappa shape index (κ3) is 2.28. The number of methoxy groups -OCH3 is 2. The summed E-state index contributed by atoms with van der Waals surface area (Å²) in [6.45, 7) is 2.18. The van der Waals surface area contributed by atoms with E-state index in [4.69, 9.17) is 15.2 Å². The zero-order chi connectivity index (χ0) is 14.8. The maximum atomic E-state index is 12.1. The van der Waals surface area contributed by atoms with Crippen LogP contribution in [0.5, 0.6) is 0 Å². The van der Waals surface area contributed by atoms with E-state index in [2.05, 4.69) is 4.99 Å². The standard InChI is InChI=1S/C14H19N3O3/c1-14(12(19-2)20-3)11(15)16-13(18)17(14)9-10-7-5-4-6-8-10/h4-8,12H,9H2,1-3H3,(H2,15,16,18). The number of nitrogens with zero attached hydrogens (tertiary/aromatic N) is 2. The third-order valence-corrected chi connectivity index (χ3v) is 3.60. The summed E-state index contributed by atoms with van der Waals surface area (Å²) in [5, 5.41) is 0. The lowest BCUT2D eigenvalue weighted by molar-refractivity contribution is -0.152. The minimum atomic E-state index is -0.920. The van der Waals surface area contributed by atoms with Crippen LogP contribution >= 0.6 is 0 Å². The number of amidine groups is 1. The van der Waals surface area contributed by atoms with Gasteiger partial charge in [0.05, 0.1) is 0 Å². The number of ether oxygens (including phenoxy) is 2. The van der Waals surface area contributed by atoms with Gasteiger partial charge in [0.1, 0.15) is 5.84 Å². The van der Waals surface area contributed by atoms with Gasteiger partial charge in [0.2, 0.25) is 0 Å². The van der Waals surface area contributed by atoms with E-state index in [1.807, 2.05) is 30.3 Å². The Balaban J connectivity index is 2.32. The molecule has 2 amide bonds. The van der Waals surface area contributed by atoms with Crippen LogP contribution in [0, 0.1) is 0 Å². The fourth-order valence-electron chi connectivity index (χ4n) is 2.41. The van der Waals surface area contributed by atoms with E-state index in [1.165, 1.54) is 14.2 Å². The predicted molar refractivity (Wildman–Crippen MR) is 75.2 cm³/mol. The van der Waals surface area contributed by atoms with Crippen molar-refractivity contribution in [2.24, 2.45) is 10.7 Å². The summed E-state index contributed by atoms with van der Waals surface area (Å²) < 4.78 is 10.6. The molecule has 0 saturated heterocycles. The first kappa shape index (κ1) is 14.5. The lowest BCUT2D eigenvalue weighted by Gasteiger charge is -2.39. The first-order valence-electron chi connectivity index (χ1n) is 6.29. The largest absolute Gasteiger partial charge is 0.385 e. The normalized spacial score (nSPS) is 22.5. The fourth-order valence-corrected chi connectivity index (χ4v) is 2.41. The van der Waals surface area contributed by atoms with E-state index in [-0.39, 0.29) is 11.9 Å². The van der Waals surface area contributed by atoms with Crippen molar-refractivity contribution in [1.82, 2.24) is 4.90 Å². The van der Waals surface area contributed by atoms with Gasteiger partial charge in [-0.05, 0) is 12.5 Å². The Morgan fingerprint density at radius 2 is 1.90 bits per heavy atom. The van der Waals surface area contributed by atoms with Crippen molar-refractivity contribution in [2.75, 3.05) is 14.2 Å². The SMILES string of the molecule is COC(OC)C1(C)C(N)=NC(=O)N1Cc1ccccc1. The van der Waals surface area contributed by atoms with Gasteiger partial charge >= 0.3 is 6.03 Å². The summed E-state index contributed by atoms with van der Waals surface area (Å²) in [5.74, 6) is 0.201. The molecule has 0 spiro atoms. The van der Waals surface area contributed by atoms with E-state index < -0.39 is 11.8 Å². The second-order valence-electron chi connectivity index (χ2n) is 4.80. The Morgan fingerprint density at radius 1 is 1.30 bits per heavy atom. The summed E-state index contributed by atoms with van der Waals surface area (Å²) in [6.07, 6.45) is -0.679. The molecule has 20 heavy (non-hydrogen) atoms. The second kappa shape index (κ2) is 5.60. The highest BCUT2D eigenvalue weighted by atomic mass is 16.7. The third-order valence-electron chi connectivity index (χ3n) is 3.60. The number of rotatable bonds is 5. The molecule has 0 bridgehead atoms. The highest BCUT2D eigenvalue weighted by Gasteiger charge is 2.51. The highest BCUT2D eigenvalue weighted by Crippen LogP contribution is 2.30. The molecule has 6 heteroatoms. The molecule has 1 atom stereocenters. The monoisotopic (exact) mass is 277 g/mol. The summed E-state index contributed by atoms with van der Waals surface area (Å²) in [5.41, 5.74) is 6.00. The van der Waals surface area contributed by atoms with Gasteiger partial charge in [-0.15, -0.1) is 0 Å². The quantitative estimate of drug-likeness (QED) is 0.824. The molecule has 2 N–H and O–H groups in total. The number of aliphatic imine (C=N–C) groups is 1. The van der Waals surface area contributed by atoms with Gasteiger partial charge in [-0.3, -0.25) is 0 Å². The number of carbonyl (C=O) groups is 1. The molecule has 0 radical (unpaired) electrons. The zero-order valence-electron chi connectivity index (χ0n) is 11.9. The Bertz CT molecular complexity index is 514. The highest BCUT2D eigenvalue weighted by molar-refractivity contribution is 6.05. The van der Waals surface area contributed by atoms with Crippen molar-refractivity contribution in [2.45, 2.75) is 25.3 Å². The molecule has 6 nitrogen and oxygen atoms in total. The summed E-state index contributed by atoms with van der Waals surface area (Å²) in [7, 11) is 3.02. The number of benzene rings is 1. The van der Waals surface area contributed by atoms with Crippen molar-refractivity contribution >= 4 is 11.9 Å². The van der Waals surface area contributed by atoms with Crippen LogP contribution in [0.2, 0.25) is 0 Å². The van der Waals surface area contributed by atoms with E-state index >= 15 is 0 Å². The second-order valence-corrected chi connectivity index (χ2v) is 4.80. The van der Waals surface area contributed by atoms with E-state index in [0.29, 0.717) is 6.54 Å². The molecule has 108 valence electrons. The molecule has 1 aliphatic rings. The van der Waals surface area contributed by atoms with Gasteiger partial charge < -0.3 is 20.1 Å². The molecule has 1 heterocycles. The molecule has 0 fully saturated rings. The van der Waals surface area contributed by atoms with Crippen molar-refractivity contribution in [3.63, 3.8) is 0 Å². The van der Waals surface area contributed by atoms with E-state index in [0.717, 1.165) is 5.56 Å². The molecular formula is C14H19N3O3. The summed E-state index contributed by atoms with van der Waals surface area (Å²) in [6, 6.07) is 9.26. The van der Waals surface area contributed by atoms with Crippen LogP contribution < -0.4 is 5.73 Å². The number of urea groups is 1. The van der Waals surface area contributed by atoms with Crippen molar-refractivity contribution in [1.29, 1.82) is 0 Å². The number of hydrogen-bond donors (Lipinski definition) is 1. The molecule has 0 aliphatic carbocycles. The van der Waals surface area contributed by atoms with Crippen molar-refractivity contribution < 1.29 is 14.3 Å². The number of nitrogens with two attached hydrogens (primary N) is 1. The average Bonchev–Trinajstić information content (AvgIpc) is 2.66. The van der Waals surface area contributed by atoms with Crippen molar-refractivity contribution in [3.8, 4) is 0 Å². The smallest absolute Gasteiger partial charge is 0.346 e. The van der Waals surface area contributed by atoms with Crippen LogP contribution in [0.1, 0.15) is 12.5 Å². The van der Waals surface area contributed by atoms with Crippen LogP contribution in [0.4, 0.5) is 4.79 Å². The Labute approximate surface area is 118 Å². The Hall–Kier alpha value is -1.92. The Morgan fingerprint density at radius 3 is 2.45 bits per heavy atom. The molecule has 0 aromatic heterocycles. The average molecular weight is 277 g/mol. The molecule has 1 aromatic rings. The van der Waals surface area contributed by atoms with Crippen LogP contribution in [0.25, 0.3) is 0 Å². The maximum absolute atomic E-state index is 12.1.